The van der Waals surface area contributed by atoms with Gasteiger partial charge in [0.05, 0.1) is 0 Å². The number of rotatable bonds is 5. The van der Waals surface area contributed by atoms with Gasteiger partial charge in [-0.05, 0) is 48.2 Å². The quantitative estimate of drug-likeness (QED) is 0.766. The highest BCUT2D eigenvalue weighted by Crippen LogP contribution is 2.17. The Morgan fingerprint density at radius 1 is 1.00 bits per heavy atom. The number of carbonyl (C=O) groups excluding carboxylic acids is 1. The molecule has 0 aliphatic heterocycles. The molecule has 0 heterocycles. The monoisotopic (exact) mass is 281 g/mol. The van der Waals surface area contributed by atoms with Crippen molar-refractivity contribution in [2.24, 2.45) is 5.92 Å². The Hall–Kier alpha value is -2.09. The first-order valence-corrected chi connectivity index (χ1v) is 7.38. The van der Waals surface area contributed by atoms with Gasteiger partial charge in [-0.2, -0.15) is 0 Å². The van der Waals surface area contributed by atoms with Crippen LogP contribution in [0.15, 0.2) is 48.5 Å². The first kappa shape index (κ1) is 15.3. The molecule has 2 aromatic rings. The first-order valence-electron chi connectivity index (χ1n) is 7.38. The summed E-state index contributed by atoms with van der Waals surface area (Å²) in [6, 6.07) is 15.7. The van der Waals surface area contributed by atoms with Gasteiger partial charge in [0.2, 0.25) is 0 Å². The van der Waals surface area contributed by atoms with Crippen LogP contribution >= 0.6 is 0 Å². The van der Waals surface area contributed by atoms with E-state index in [2.05, 4.69) is 19.9 Å². The van der Waals surface area contributed by atoms with Crippen LogP contribution < -0.4 is 4.90 Å². The zero-order valence-corrected chi connectivity index (χ0v) is 13.3. The molecule has 2 heteroatoms. The number of ketones is 1. The minimum absolute atomic E-state index is 0.0888. The molecule has 2 rings (SSSR count). The number of anilines is 1. The molecule has 110 valence electrons. The molecule has 21 heavy (non-hydrogen) atoms. The number of nitrogens with zero attached hydrogens (tertiary/aromatic N) is 1. The summed E-state index contributed by atoms with van der Waals surface area (Å²) in [5.41, 5.74) is 3.83. The minimum Gasteiger partial charge on any atom is -0.378 e. The van der Waals surface area contributed by atoms with Gasteiger partial charge in [-0.1, -0.05) is 32.0 Å². The van der Waals surface area contributed by atoms with Gasteiger partial charge in [-0.3, -0.25) is 4.79 Å². The van der Waals surface area contributed by atoms with Gasteiger partial charge in [0.25, 0.3) is 0 Å². The maximum atomic E-state index is 12.6. The predicted octanol–water partition coefficient (Wildman–Crippen LogP) is 4.18. The molecule has 2 nitrogen and oxygen atoms in total. The third kappa shape index (κ3) is 3.94. The van der Waals surface area contributed by atoms with E-state index in [0.717, 1.165) is 23.2 Å². The van der Waals surface area contributed by atoms with Crippen LogP contribution in [0.2, 0.25) is 0 Å². The van der Waals surface area contributed by atoms with Crippen molar-refractivity contribution in [2.75, 3.05) is 19.0 Å². The molecule has 0 spiro atoms. The molecule has 0 bridgehead atoms. The van der Waals surface area contributed by atoms with Gasteiger partial charge < -0.3 is 4.90 Å². The Labute approximate surface area is 127 Å². The fraction of sp³-hybridized carbons (Fsp3) is 0.316. The van der Waals surface area contributed by atoms with Gasteiger partial charge in [0, 0.05) is 30.9 Å². The summed E-state index contributed by atoms with van der Waals surface area (Å²) in [6.07, 6.45) is 1.00. The van der Waals surface area contributed by atoms with Crippen molar-refractivity contribution in [1.82, 2.24) is 0 Å². The van der Waals surface area contributed by atoms with Crippen molar-refractivity contribution >= 4 is 11.5 Å². The lowest BCUT2D eigenvalue weighted by Gasteiger charge is -2.12. The Balaban J connectivity index is 2.23. The van der Waals surface area contributed by atoms with E-state index in [1.54, 1.807) is 0 Å². The third-order valence-corrected chi connectivity index (χ3v) is 3.48. The van der Waals surface area contributed by atoms with Crippen LogP contribution in [-0.2, 0) is 6.42 Å². The Bertz CT molecular complexity index is 612. The van der Waals surface area contributed by atoms with Crippen LogP contribution in [0.5, 0.6) is 0 Å². The molecule has 0 saturated carbocycles. The van der Waals surface area contributed by atoms with Crippen molar-refractivity contribution in [2.45, 2.75) is 20.3 Å². The molecule has 0 unspecified atom stereocenters. The number of benzene rings is 2. The van der Waals surface area contributed by atoms with Crippen LogP contribution in [-0.4, -0.2) is 19.9 Å². The van der Waals surface area contributed by atoms with Crippen LogP contribution in [0.3, 0.4) is 0 Å². The molecule has 0 aromatic heterocycles. The van der Waals surface area contributed by atoms with Crippen LogP contribution in [0, 0.1) is 5.92 Å². The lowest BCUT2D eigenvalue weighted by atomic mass is 9.97. The first-order chi connectivity index (χ1) is 9.97. The zero-order chi connectivity index (χ0) is 15.4. The highest BCUT2D eigenvalue weighted by Gasteiger charge is 2.10. The SMILES string of the molecule is CC(C)Cc1cccc(C(=O)c2ccc(N(C)C)cc2)c1. The fourth-order valence-corrected chi connectivity index (χ4v) is 2.39. The highest BCUT2D eigenvalue weighted by molar-refractivity contribution is 6.09. The summed E-state index contributed by atoms with van der Waals surface area (Å²) in [5.74, 6) is 0.681. The summed E-state index contributed by atoms with van der Waals surface area (Å²) < 4.78 is 0. The molecule has 0 N–H and O–H groups in total. The van der Waals surface area contributed by atoms with E-state index in [-0.39, 0.29) is 5.78 Å². The fourth-order valence-electron chi connectivity index (χ4n) is 2.39. The van der Waals surface area contributed by atoms with Crippen molar-refractivity contribution < 1.29 is 4.79 Å². The Morgan fingerprint density at radius 2 is 1.67 bits per heavy atom. The van der Waals surface area contributed by atoms with E-state index in [1.165, 1.54) is 5.56 Å². The standard InChI is InChI=1S/C19H23NO/c1-14(2)12-15-6-5-7-17(13-15)19(21)16-8-10-18(11-9-16)20(3)4/h5-11,13-14H,12H2,1-4H3. The summed E-state index contributed by atoms with van der Waals surface area (Å²) in [7, 11) is 3.98. The second-order valence-corrected chi connectivity index (χ2v) is 6.07. The minimum atomic E-state index is 0.0888. The predicted molar refractivity (Wildman–Crippen MR) is 89.2 cm³/mol. The van der Waals surface area contributed by atoms with E-state index < -0.39 is 0 Å². The molecule has 0 aliphatic rings. The third-order valence-electron chi connectivity index (χ3n) is 3.48. The van der Waals surface area contributed by atoms with Gasteiger partial charge in [0.1, 0.15) is 0 Å². The van der Waals surface area contributed by atoms with E-state index in [9.17, 15) is 4.79 Å². The van der Waals surface area contributed by atoms with Crippen molar-refractivity contribution in [3.8, 4) is 0 Å². The molecule has 0 fully saturated rings. The van der Waals surface area contributed by atoms with Crippen molar-refractivity contribution in [1.29, 1.82) is 0 Å². The average Bonchev–Trinajstić information content (AvgIpc) is 2.46. The molecule has 0 saturated heterocycles. The van der Waals surface area contributed by atoms with Crippen molar-refractivity contribution in [3.05, 3.63) is 65.2 Å². The average molecular weight is 281 g/mol. The van der Waals surface area contributed by atoms with E-state index >= 15 is 0 Å². The normalized spacial score (nSPS) is 10.7. The molecule has 0 radical (unpaired) electrons. The zero-order valence-electron chi connectivity index (χ0n) is 13.3. The highest BCUT2D eigenvalue weighted by atomic mass is 16.1. The Kier molecular flexibility index (Phi) is 4.79. The Morgan fingerprint density at radius 3 is 2.24 bits per heavy atom. The second kappa shape index (κ2) is 6.57. The van der Waals surface area contributed by atoms with E-state index in [4.69, 9.17) is 0 Å². The van der Waals surface area contributed by atoms with Crippen LogP contribution in [0.4, 0.5) is 5.69 Å². The van der Waals surface area contributed by atoms with Gasteiger partial charge in [-0.25, -0.2) is 0 Å². The van der Waals surface area contributed by atoms with Crippen LogP contribution in [0.25, 0.3) is 0 Å². The summed E-state index contributed by atoms with van der Waals surface area (Å²) >= 11 is 0. The van der Waals surface area contributed by atoms with Crippen LogP contribution in [0.1, 0.15) is 35.3 Å². The van der Waals surface area contributed by atoms with Gasteiger partial charge in [0.15, 0.2) is 5.78 Å². The maximum Gasteiger partial charge on any atom is 0.193 e. The molecule has 0 amide bonds. The smallest absolute Gasteiger partial charge is 0.193 e. The van der Waals surface area contributed by atoms with E-state index in [1.807, 2.05) is 61.5 Å². The largest absolute Gasteiger partial charge is 0.378 e. The summed E-state index contributed by atoms with van der Waals surface area (Å²) in [5, 5.41) is 0. The summed E-state index contributed by atoms with van der Waals surface area (Å²) in [4.78, 5) is 14.6. The molecular weight excluding hydrogens is 258 g/mol. The molecule has 0 aliphatic carbocycles. The van der Waals surface area contributed by atoms with Gasteiger partial charge >= 0.3 is 0 Å². The lowest BCUT2D eigenvalue weighted by molar-refractivity contribution is 0.103. The topological polar surface area (TPSA) is 20.3 Å². The number of carbonyl (C=O) groups is 1. The number of hydrogen-bond donors (Lipinski definition) is 0. The number of hydrogen-bond acceptors (Lipinski definition) is 2. The molecule has 0 atom stereocenters. The maximum absolute atomic E-state index is 12.6. The summed E-state index contributed by atoms with van der Waals surface area (Å²) in [6.45, 7) is 4.38. The van der Waals surface area contributed by atoms with Gasteiger partial charge in [-0.15, -0.1) is 0 Å². The molecular formula is C19H23NO. The van der Waals surface area contributed by atoms with E-state index in [0.29, 0.717) is 5.92 Å². The lowest BCUT2D eigenvalue weighted by Crippen LogP contribution is -2.09. The second-order valence-electron chi connectivity index (χ2n) is 6.07. The molecule has 2 aromatic carbocycles. The van der Waals surface area contributed by atoms with Crippen molar-refractivity contribution in [3.63, 3.8) is 0 Å².